The van der Waals surface area contributed by atoms with E-state index in [1.807, 2.05) is 24.3 Å². The fourth-order valence-electron chi connectivity index (χ4n) is 1.34. The van der Waals surface area contributed by atoms with E-state index >= 15 is 0 Å². The van der Waals surface area contributed by atoms with Crippen molar-refractivity contribution in [3.63, 3.8) is 0 Å². The van der Waals surface area contributed by atoms with Crippen molar-refractivity contribution in [1.29, 1.82) is 0 Å². The molecule has 0 radical (unpaired) electrons. The third-order valence-electron chi connectivity index (χ3n) is 2.28. The SMILES string of the molecule is O=C(OCc1ccccc1Br)c1ccc(Br)nc1. The molecule has 18 heavy (non-hydrogen) atoms. The number of benzene rings is 1. The first kappa shape index (κ1) is 13.2. The number of rotatable bonds is 3. The molecule has 3 nitrogen and oxygen atoms in total. The molecule has 2 rings (SSSR count). The van der Waals surface area contributed by atoms with Gasteiger partial charge < -0.3 is 4.74 Å². The van der Waals surface area contributed by atoms with Crippen LogP contribution in [0.2, 0.25) is 0 Å². The van der Waals surface area contributed by atoms with E-state index in [0.717, 1.165) is 10.0 Å². The maximum Gasteiger partial charge on any atom is 0.340 e. The Morgan fingerprint density at radius 3 is 2.61 bits per heavy atom. The Morgan fingerprint density at radius 1 is 1.17 bits per heavy atom. The van der Waals surface area contributed by atoms with Gasteiger partial charge in [-0.05, 0) is 34.1 Å². The molecular weight excluding hydrogens is 362 g/mol. The third kappa shape index (κ3) is 3.40. The second kappa shape index (κ2) is 6.11. The van der Waals surface area contributed by atoms with Crippen LogP contribution in [-0.4, -0.2) is 11.0 Å². The molecule has 2 aromatic rings. The molecule has 0 aliphatic carbocycles. The summed E-state index contributed by atoms with van der Waals surface area (Å²) in [5, 5.41) is 0. The normalized spacial score (nSPS) is 10.1. The smallest absolute Gasteiger partial charge is 0.340 e. The summed E-state index contributed by atoms with van der Waals surface area (Å²) in [6.45, 7) is 0.232. The summed E-state index contributed by atoms with van der Waals surface area (Å²) < 4.78 is 6.82. The van der Waals surface area contributed by atoms with Crippen molar-refractivity contribution in [2.24, 2.45) is 0 Å². The summed E-state index contributed by atoms with van der Waals surface area (Å²) in [6.07, 6.45) is 1.48. The highest BCUT2D eigenvalue weighted by molar-refractivity contribution is 9.10. The van der Waals surface area contributed by atoms with Gasteiger partial charge in [-0.15, -0.1) is 0 Å². The number of hydrogen-bond acceptors (Lipinski definition) is 3. The molecule has 0 bridgehead atoms. The zero-order valence-corrected chi connectivity index (χ0v) is 12.4. The molecule has 0 saturated heterocycles. The minimum absolute atomic E-state index is 0.232. The zero-order valence-electron chi connectivity index (χ0n) is 9.27. The Hall–Kier alpha value is -1.20. The van der Waals surface area contributed by atoms with Gasteiger partial charge in [-0.25, -0.2) is 9.78 Å². The Morgan fingerprint density at radius 2 is 1.94 bits per heavy atom. The number of carbonyl (C=O) groups excluding carboxylic acids is 1. The van der Waals surface area contributed by atoms with Crippen LogP contribution in [0.15, 0.2) is 51.7 Å². The molecule has 0 spiro atoms. The van der Waals surface area contributed by atoms with Crippen molar-refractivity contribution in [2.75, 3.05) is 0 Å². The molecule has 0 aliphatic heterocycles. The average molecular weight is 371 g/mol. The molecule has 0 unspecified atom stereocenters. The summed E-state index contributed by atoms with van der Waals surface area (Å²) in [6, 6.07) is 11.0. The van der Waals surface area contributed by atoms with Crippen LogP contribution in [0.5, 0.6) is 0 Å². The van der Waals surface area contributed by atoms with E-state index in [2.05, 4.69) is 36.8 Å². The lowest BCUT2D eigenvalue weighted by atomic mass is 10.2. The molecular formula is C13H9Br2NO2. The summed E-state index contributed by atoms with van der Waals surface area (Å²) in [4.78, 5) is 15.7. The highest BCUT2D eigenvalue weighted by Crippen LogP contribution is 2.17. The van der Waals surface area contributed by atoms with Crippen LogP contribution >= 0.6 is 31.9 Å². The average Bonchev–Trinajstić information content (AvgIpc) is 2.38. The van der Waals surface area contributed by atoms with Crippen LogP contribution in [0.1, 0.15) is 15.9 Å². The summed E-state index contributed by atoms with van der Waals surface area (Å²) in [5.74, 6) is -0.384. The summed E-state index contributed by atoms with van der Waals surface area (Å²) in [7, 11) is 0. The van der Waals surface area contributed by atoms with Crippen molar-refractivity contribution in [3.8, 4) is 0 Å². The molecule has 0 saturated carbocycles. The summed E-state index contributed by atoms with van der Waals surface area (Å²) in [5.41, 5.74) is 1.36. The Balaban J connectivity index is 2.01. The fourth-order valence-corrected chi connectivity index (χ4v) is 1.97. The largest absolute Gasteiger partial charge is 0.457 e. The van der Waals surface area contributed by atoms with Crippen molar-refractivity contribution in [3.05, 3.63) is 62.8 Å². The van der Waals surface area contributed by atoms with E-state index in [-0.39, 0.29) is 12.6 Å². The van der Waals surface area contributed by atoms with E-state index in [1.54, 1.807) is 12.1 Å². The number of carbonyl (C=O) groups is 1. The van der Waals surface area contributed by atoms with Crippen molar-refractivity contribution < 1.29 is 9.53 Å². The molecule has 0 N–H and O–H groups in total. The van der Waals surface area contributed by atoms with Crippen LogP contribution in [0, 0.1) is 0 Å². The fraction of sp³-hybridized carbons (Fsp3) is 0.0769. The number of ether oxygens (including phenoxy) is 1. The number of halogens is 2. The Kier molecular flexibility index (Phi) is 4.49. The second-order valence-corrected chi connectivity index (χ2v) is 5.20. The third-order valence-corrected chi connectivity index (χ3v) is 3.52. The number of esters is 1. The highest BCUT2D eigenvalue weighted by Gasteiger charge is 2.08. The minimum Gasteiger partial charge on any atom is -0.457 e. The van der Waals surface area contributed by atoms with Gasteiger partial charge in [0.2, 0.25) is 0 Å². The minimum atomic E-state index is -0.384. The first-order chi connectivity index (χ1) is 8.66. The molecule has 1 aromatic heterocycles. The van der Waals surface area contributed by atoms with Crippen LogP contribution in [0.25, 0.3) is 0 Å². The van der Waals surface area contributed by atoms with Crippen LogP contribution < -0.4 is 0 Å². The number of pyridine rings is 1. The van der Waals surface area contributed by atoms with E-state index < -0.39 is 0 Å². The summed E-state index contributed by atoms with van der Waals surface area (Å²) >= 11 is 6.61. The maximum atomic E-state index is 11.7. The molecule has 0 atom stereocenters. The van der Waals surface area contributed by atoms with E-state index in [0.29, 0.717) is 10.2 Å². The van der Waals surface area contributed by atoms with Gasteiger partial charge in [0.15, 0.2) is 0 Å². The zero-order chi connectivity index (χ0) is 13.0. The first-order valence-electron chi connectivity index (χ1n) is 5.19. The van der Waals surface area contributed by atoms with Gasteiger partial charge in [0.05, 0.1) is 5.56 Å². The van der Waals surface area contributed by atoms with Crippen molar-refractivity contribution >= 4 is 37.8 Å². The standard InChI is InChI=1S/C13H9Br2NO2/c14-11-4-2-1-3-10(11)8-18-13(17)9-5-6-12(15)16-7-9/h1-7H,8H2. The number of nitrogens with zero attached hydrogens (tertiary/aromatic N) is 1. The van der Waals surface area contributed by atoms with E-state index in [1.165, 1.54) is 6.20 Å². The Labute approximate surface area is 121 Å². The lowest BCUT2D eigenvalue weighted by molar-refractivity contribution is 0.0471. The lowest BCUT2D eigenvalue weighted by Gasteiger charge is -2.06. The lowest BCUT2D eigenvalue weighted by Crippen LogP contribution is -2.05. The molecule has 1 heterocycles. The predicted molar refractivity (Wildman–Crippen MR) is 75.2 cm³/mol. The van der Waals surface area contributed by atoms with Gasteiger partial charge in [0, 0.05) is 16.2 Å². The maximum absolute atomic E-state index is 11.7. The first-order valence-corrected chi connectivity index (χ1v) is 6.77. The molecule has 0 fully saturated rings. The van der Waals surface area contributed by atoms with Crippen molar-refractivity contribution in [2.45, 2.75) is 6.61 Å². The highest BCUT2D eigenvalue weighted by atomic mass is 79.9. The van der Waals surface area contributed by atoms with Crippen molar-refractivity contribution in [1.82, 2.24) is 4.98 Å². The number of aromatic nitrogens is 1. The Bertz CT molecular complexity index is 555. The van der Waals surface area contributed by atoms with Crippen LogP contribution in [0.3, 0.4) is 0 Å². The van der Waals surface area contributed by atoms with Gasteiger partial charge in [-0.3, -0.25) is 0 Å². The molecule has 92 valence electrons. The molecule has 0 amide bonds. The quantitative estimate of drug-likeness (QED) is 0.606. The monoisotopic (exact) mass is 369 g/mol. The van der Waals surface area contributed by atoms with Crippen LogP contribution in [0.4, 0.5) is 0 Å². The van der Waals surface area contributed by atoms with Crippen LogP contribution in [-0.2, 0) is 11.3 Å². The second-order valence-electron chi connectivity index (χ2n) is 3.54. The van der Waals surface area contributed by atoms with Gasteiger partial charge >= 0.3 is 5.97 Å². The number of hydrogen-bond donors (Lipinski definition) is 0. The van der Waals surface area contributed by atoms with Gasteiger partial charge in [-0.1, -0.05) is 34.1 Å². The van der Waals surface area contributed by atoms with Gasteiger partial charge in [0.25, 0.3) is 0 Å². The predicted octanol–water partition coefficient (Wildman–Crippen LogP) is 3.96. The van der Waals surface area contributed by atoms with E-state index in [4.69, 9.17) is 4.74 Å². The molecule has 5 heteroatoms. The molecule has 1 aromatic carbocycles. The molecule has 0 aliphatic rings. The van der Waals surface area contributed by atoms with Gasteiger partial charge in [-0.2, -0.15) is 0 Å². The topological polar surface area (TPSA) is 39.2 Å². The van der Waals surface area contributed by atoms with E-state index in [9.17, 15) is 4.79 Å². The van der Waals surface area contributed by atoms with Gasteiger partial charge in [0.1, 0.15) is 11.2 Å².